The van der Waals surface area contributed by atoms with E-state index < -0.39 is 0 Å². The van der Waals surface area contributed by atoms with E-state index in [-0.39, 0.29) is 46.7 Å². The summed E-state index contributed by atoms with van der Waals surface area (Å²) in [5, 5.41) is 14.6. The number of terminal acetylenes is 1. The Bertz CT molecular complexity index is 1820. The van der Waals surface area contributed by atoms with E-state index in [1.807, 2.05) is 0 Å². The fraction of sp³-hybridized carbons (Fsp3) is 0.548. The summed E-state index contributed by atoms with van der Waals surface area (Å²) in [7, 11) is 8.60. The van der Waals surface area contributed by atoms with Gasteiger partial charge in [-0.1, -0.05) is 71.8 Å². The van der Waals surface area contributed by atoms with Gasteiger partial charge in [0.1, 0.15) is 12.2 Å². The lowest BCUT2D eigenvalue weighted by Gasteiger charge is -2.48. The van der Waals surface area contributed by atoms with Crippen LogP contribution in [0.2, 0.25) is 0 Å². The Hall–Kier alpha value is -4.93. The number of hydrogen-bond donors (Lipinski definition) is 2. The van der Waals surface area contributed by atoms with Crippen molar-refractivity contribution in [1.82, 2.24) is 45.2 Å². The molecule has 2 aromatic carbocycles. The summed E-state index contributed by atoms with van der Waals surface area (Å²) in [5.41, 5.74) is 3.07. The topological polar surface area (TPSA) is 128 Å². The van der Waals surface area contributed by atoms with Crippen LogP contribution in [0, 0.1) is 12.3 Å². The van der Waals surface area contributed by atoms with Gasteiger partial charge in [0.2, 0.25) is 0 Å². The molecule has 0 unspecified atom stereocenters. The van der Waals surface area contributed by atoms with Crippen LogP contribution in [0.4, 0.5) is 9.59 Å². The highest BCUT2D eigenvalue weighted by Crippen LogP contribution is 2.47. The number of nitrogens with one attached hydrogen (secondary N) is 2. The molecule has 2 spiro atoms. The number of nitrogens with zero attached hydrogens (tertiary/aromatic N) is 7. The third-order valence-electron chi connectivity index (χ3n) is 12.5. The average molecular weight is 752 g/mol. The number of urea groups is 2. The molecule has 13 nitrogen and oxygen atoms in total. The van der Waals surface area contributed by atoms with Gasteiger partial charge in [-0.05, 0) is 97.6 Å². The highest BCUT2D eigenvalue weighted by atomic mass is 16.5. The fourth-order valence-corrected chi connectivity index (χ4v) is 9.29. The number of benzene rings is 2. The predicted molar refractivity (Wildman–Crippen MR) is 211 cm³/mol. The van der Waals surface area contributed by atoms with Crippen molar-refractivity contribution in [3.05, 3.63) is 83.7 Å². The van der Waals surface area contributed by atoms with E-state index >= 15 is 0 Å². The molecule has 4 amide bonds. The van der Waals surface area contributed by atoms with Crippen LogP contribution in [0.3, 0.4) is 0 Å². The van der Waals surface area contributed by atoms with E-state index in [2.05, 4.69) is 126 Å². The van der Waals surface area contributed by atoms with Gasteiger partial charge >= 0.3 is 18.0 Å². The molecule has 0 radical (unpaired) electrons. The predicted octanol–water partition coefficient (Wildman–Crippen LogP) is 4.55. The third-order valence-corrected chi connectivity index (χ3v) is 12.5. The Morgan fingerprint density at radius 3 is 1.71 bits per heavy atom. The first-order valence-corrected chi connectivity index (χ1v) is 19.5. The van der Waals surface area contributed by atoms with Crippen molar-refractivity contribution in [3.8, 4) is 12.3 Å². The van der Waals surface area contributed by atoms with E-state index in [9.17, 15) is 14.4 Å². The Labute approximate surface area is 325 Å². The number of ether oxygens (including phenoxy) is 1. The van der Waals surface area contributed by atoms with Gasteiger partial charge in [0.05, 0.1) is 37.0 Å². The van der Waals surface area contributed by atoms with E-state index in [0.29, 0.717) is 31.9 Å². The van der Waals surface area contributed by atoms with Gasteiger partial charge in [0.15, 0.2) is 0 Å². The molecule has 4 fully saturated rings. The van der Waals surface area contributed by atoms with Crippen LogP contribution in [0.15, 0.2) is 66.9 Å². The van der Waals surface area contributed by atoms with E-state index in [0.717, 1.165) is 57.9 Å². The van der Waals surface area contributed by atoms with Crippen molar-refractivity contribution in [1.29, 1.82) is 0 Å². The first-order chi connectivity index (χ1) is 26.4. The Kier molecular flexibility index (Phi) is 11.9. The molecule has 2 aliphatic carbocycles. The molecule has 294 valence electrons. The maximum atomic E-state index is 12.8. The van der Waals surface area contributed by atoms with Gasteiger partial charge in [-0.15, -0.1) is 11.5 Å². The molecule has 0 bridgehead atoms. The van der Waals surface area contributed by atoms with Crippen LogP contribution >= 0.6 is 0 Å². The van der Waals surface area contributed by atoms with Crippen LogP contribution in [-0.2, 0) is 33.7 Å². The monoisotopic (exact) mass is 751 g/mol. The van der Waals surface area contributed by atoms with Gasteiger partial charge < -0.3 is 25.2 Å². The third kappa shape index (κ3) is 8.36. The van der Waals surface area contributed by atoms with Crippen LogP contribution in [-0.4, -0.2) is 118 Å². The van der Waals surface area contributed by atoms with Crippen molar-refractivity contribution in [3.63, 3.8) is 0 Å². The molecule has 4 aliphatic rings. The molecule has 1 aromatic heterocycles. The number of esters is 1. The lowest BCUT2D eigenvalue weighted by Crippen LogP contribution is -2.54. The van der Waals surface area contributed by atoms with E-state index in [4.69, 9.17) is 11.2 Å². The van der Waals surface area contributed by atoms with Crippen LogP contribution in [0.25, 0.3) is 0 Å². The normalized spacial score (nSPS) is 27.5. The zero-order chi connectivity index (χ0) is 39.3. The molecule has 55 heavy (non-hydrogen) atoms. The number of carbonyl (C=O) groups is 3. The Balaban J connectivity index is 0.000000197. The SMILES string of the molecule is C#CCN1CC2(CCC(c3ccccc3)(N(C)C)CC2)NC1=O.CCOC(=O)Cn1cc(CN2CC3(CCC(c4ccccc4)(N(C)C)CC3)NC2=O)nn1. The van der Waals surface area contributed by atoms with Gasteiger partial charge in [-0.25, -0.2) is 14.3 Å². The lowest BCUT2D eigenvalue weighted by molar-refractivity contribution is -0.144. The Morgan fingerprint density at radius 2 is 1.25 bits per heavy atom. The molecule has 2 saturated heterocycles. The van der Waals surface area contributed by atoms with Crippen molar-refractivity contribution >= 4 is 18.0 Å². The number of carbonyl (C=O) groups excluding carboxylic acids is 3. The van der Waals surface area contributed by atoms with Crippen LogP contribution in [0.5, 0.6) is 0 Å². The van der Waals surface area contributed by atoms with Crippen LogP contribution in [0.1, 0.15) is 75.1 Å². The standard InChI is InChI=1S/C23H32N6O3.C19H25N3O/c1-4-32-20(30)16-29-15-19(25-26-29)14-28-17-22(24-21(28)31)10-12-23(13-11-22,27(2)3)18-8-6-5-7-9-18;1-4-14-22-15-18(20-17(22)23)10-12-19(13-11-18,21(2)3)16-8-6-5-7-9-16/h5-9,15H,4,10-14,16-17H2,1-3H3,(H,24,31);1,5-9H,10-15H2,2-3H3,(H,20,23). The minimum Gasteiger partial charge on any atom is -0.465 e. The maximum Gasteiger partial charge on any atom is 0.327 e. The lowest BCUT2D eigenvalue weighted by atomic mass is 9.69. The summed E-state index contributed by atoms with van der Waals surface area (Å²) in [5.74, 6) is 2.22. The van der Waals surface area contributed by atoms with Crippen molar-refractivity contribution in [2.45, 2.75) is 93.5 Å². The van der Waals surface area contributed by atoms with Gasteiger partial charge in [0, 0.05) is 24.2 Å². The maximum absolute atomic E-state index is 12.8. The summed E-state index contributed by atoms with van der Waals surface area (Å²) in [6.45, 7) is 4.25. The van der Waals surface area contributed by atoms with Gasteiger partial charge in [-0.2, -0.15) is 0 Å². The van der Waals surface area contributed by atoms with Gasteiger partial charge in [-0.3, -0.25) is 14.6 Å². The highest BCUT2D eigenvalue weighted by Gasteiger charge is 2.51. The van der Waals surface area contributed by atoms with Crippen molar-refractivity contribution in [2.24, 2.45) is 0 Å². The molecular formula is C42H57N9O4. The number of amides is 4. The number of aromatic nitrogens is 3. The minimum absolute atomic E-state index is 0.0134. The second kappa shape index (κ2) is 16.4. The highest BCUT2D eigenvalue weighted by molar-refractivity contribution is 5.78. The molecule has 2 N–H and O–H groups in total. The molecule has 3 aromatic rings. The summed E-state index contributed by atoms with van der Waals surface area (Å²) >= 11 is 0. The molecular weight excluding hydrogens is 695 g/mol. The molecule has 7 rings (SSSR count). The number of rotatable bonds is 10. The van der Waals surface area contributed by atoms with Crippen molar-refractivity contribution < 1.29 is 19.1 Å². The zero-order valence-electron chi connectivity index (χ0n) is 33.1. The molecule has 3 heterocycles. The molecule has 0 atom stereocenters. The molecule has 2 saturated carbocycles. The fourth-order valence-electron chi connectivity index (χ4n) is 9.29. The van der Waals surface area contributed by atoms with E-state index in [1.54, 1.807) is 22.9 Å². The smallest absolute Gasteiger partial charge is 0.327 e. The molecule has 13 heteroatoms. The second-order valence-electron chi connectivity index (χ2n) is 16.1. The number of hydrogen-bond acceptors (Lipinski definition) is 8. The Morgan fingerprint density at radius 1 is 0.782 bits per heavy atom. The second-order valence-corrected chi connectivity index (χ2v) is 16.1. The largest absolute Gasteiger partial charge is 0.465 e. The van der Waals surface area contributed by atoms with Crippen molar-refractivity contribution in [2.75, 3.05) is 54.4 Å². The summed E-state index contributed by atoms with van der Waals surface area (Å²) in [6, 6.07) is 21.3. The quantitative estimate of drug-likeness (QED) is 0.228. The summed E-state index contributed by atoms with van der Waals surface area (Å²) in [4.78, 5) is 44.7. The first kappa shape index (κ1) is 39.8. The summed E-state index contributed by atoms with van der Waals surface area (Å²) < 4.78 is 6.39. The average Bonchev–Trinajstić information content (AvgIpc) is 3.84. The first-order valence-electron chi connectivity index (χ1n) is 19.5. The van der Waals surface area contributed by atoms with Gasteiger partial charge in [0.25, 0.3) is 0 Å². The van der Waals surface area contributed by atoms with Crippen LogP contribution < -0.4 is 10.6 Å². The zero-order valence-corrected chi connectivity index (χ0v) is 33.1. The van der Waals surface area contributed by atoms with E-state index in [1.165, 1.54) is 15.8 Å². The summed E-state index contributed by atoms with van der Waals surface area (Å²) in [6.07, 6.45) is 14.9. The molecule has 2 aliphatic heterocycles. The minimum atomic E-state index is -0.355.